The van der Waals surface area contributed by atoms with Gasteiger partial charge in [0.1, 0.15) is 0 Å². The molecule has 100 valence electrons. The second-order valence-corrected chi connectivity index (χ2v) is 7.61. The van der Waals surface area contributed by atoms with Crippen LogP contribution in [0.25, 0.3) is 0 Å². The third-order valence-corrected chi connectivity index (χ3v) is 4.25. The zero-order valence-electron chi connectivity index (χ0n) is 11.6. The van der Waals surface area contributed by atoms with Crippen molar-refractivity contribution in [1.29, 1.82) is 0 Å². The van der Waals surface area contributed by atoms with Crippen LogP contribution in [0.3, 0.4) is 0 Å². The van der Waals surface area contributed by atoms with Gasteiger partial charge in [-0.05, 0) is 32.4 Å². The fourth-order valence-corrected chi connectivity index (χ4v) is 2.86. The van der Waals surface area contributed by atoms with Gasteiger partial charge in [-0.25, -0.2) is 0 Å². The van der Waals surface area contributed by atoms with Crippen LogP contribution in [0.1, 0.15) is 33.6 Å². The molecular formula is C13H26N2OS. The Bertz CT molecular complexity index is 248. The van der Waals surface area contributed by atoms with Crippen LogP contribution in [0.5, 0.6) is 0 Å². The van der Waals surface area contributed by atoms with E-state index in [9.17, 15) is 4.79 Å². The fraction of sp³-hybridized carbons (Fsp3) is 0.923. The number of nitrogens with one attached hydrogen (secondary N) is 1. The molecule has 17 heavy (non-hydrogen) atoms. The van der Waals surface area contributed by atoms with E-state index in [0.717, 1.165) is 26.1 Å². The van der Waals surface area contributed by atoms with Crippen LogP contribution >= 0.6 is 11.8 Å². The van der Waals surface area contributed by atoms with Crippen LogP contribution in [0.2, 0.25) is 0 Å². The predicted octanol–water partition coefficient (Wildman–Crippen LogP) is 1.98. The Labute approximate surface area is 110 Å². The predicted molar refractivity (Wildman–Crippen MR) is 75.4 cm³/mol. The molecule has 1 atom stereocenters. The molecule has 1 heterocycles. The molecule has 0 saturated carbocycles. The van der Waals surface area contributed by atoms with Crippen molar-refractivity contribution in [3.63, 3.8) is 0 Å². The van der Waals surface area contributed by atoms with E-state index < -0.39 is 0 Å². The first-order valence-electron chi connectivity index (χ1n) is 6.48. The van der Waals surface area contributed by atoms with Gasteiger partial charge in [-0.3, -0.25) is 4.79 Å². The van der Waals surface area contributed by atoms with E-state index in [-0.39, 0.29) is 4.75 Å². The minimum Gasteiger partial charge on any atom is -0.342 e. The minimum atomic E-state index is 0.176. The average molecular weight is 258 g/mol. The van der Waals surface area contributed by atoms with Crippen molar-refractivity contribution in [2.24, 2.45) is 5.92 Å². The van der Waals surface area contributed by atoms with Crippen molar-refractivity contribution in [2.75, 3.05) is 32.4 Å². The molecule has 0 aromatic heterocycles. The van der Waals surface area contributed by atoms with Gasteiger partial charge in [0, 0.05) is 17.8 Å². The molecule has 4 heteroatoms. The monoisotopic (exact) mass is 258 g/mol. The number of nitrogens with zero attached hydrogens (tertiary/aromatic N) is 1. The molecule has 1 aliphatic heterocycles. The molecule has 0 aliphatic carbocycles. The molecule has 0 aromatic rings. The Balaban J connectivity index is 2.36. The molecule has 1 saturated heterocycles. The first-order chi connectivity index (χ1) is 7.92. The normalized spacial score (nSPS) is 21.6. The Morgan fingerprint density at radius 3 is 2.76 bits per heavy atom. The smallest absolute Gasteiger partial charge is 0.232 e. The van der Waals surface area contributed by atoms with E-state index in [1.165, 1.54) is 6.42 Å². The summed E-state index contributed by atoms with van der Waals surface area (Å²) in [5, 5.41) is 3.21. The maximum atomic E-state index is 12.1. The summed E-state index contributed by atoms with van der Waals surface area (Å²) in [4.78, 5) is 14.1. The summed E-state index contributed by atoms with van der Waals surface area (Å²) in [5.74, 6) is 1.57. The molecule has 1 N–H and O–H groups in total. The standard InChI is InChI=1S/C13H26N2OS/c1-13(2,3)17-10-12(16)15-7-5-6-11(9-15)8-14-4/h11,14H,5-10H2,1-4H3. The van der Waals surface area contributed by atoms with E-state index in [1.807, 2.05) is 11.9 Å². The van der Waals surface area contributed by atoms with Crippen molar-refractivity contribution >= 4 is 17.7 Å². The third kappa shape index (κ3) is 5.77. The Hall–Kier alpha value is -0.220. The van der Waals surface area contributed by atoms with Gasteiger partial charge in [0.2, 0.25) is 5.91 Å². The van der Waals surface area contributed by atoms with E-state index in [2.05, 4.69) is 26.1 Å². The van der Waals surface area contributed by atoms with Crippen LogP contribution in [0.4, 0.5) is 0 Å². The van der Waals surface area contributed by atoms with E-state index in [1.54, 1.807) is 11.8 Å². The maximum absolute atomic E-state index is 12.1. The Kier molecular flexibility index (Phi) is 5.80. The highest BCUT2D eigenvalue weighted by Gasteiger charge is 2.24. The second kappa shape index (κ2) is 6.64. The molecular weight excluding hydrogens is 232 g/mol. The number of likely N-dealkylation sites (tertiary alicyclic amines) is 1. The van der Waals surface area contributed by atoms with Crippen molar-refractivity contribution < 1.29 is 4.79 Å². The highest BCUT2D eigenvalue weighted by Crippen LogP contribution is 2.24. The van der Waals surface area contributed by atoms with Crippen LogP contribution in [-0.2, 0) is 4.79 Å². The van der Waals surface area contributed by atoms with Gasteiger partial charge >= 0.3 is 0 Å². The van der Waals surface area contributed by atoms with Crippen LogP contribution < -0.4 is 5.32 Å². The van der Waals surface area contributed by atoms with Crippen molar-refractivity contribution in [2.45, 2.75) is 38.4 Å². The summed E-state index contributed by atoms with van der Waals surface area (Å²) in [7, 11) is 1.98. The number of rotatable bonds is 4. The number of hydrogen-bond acceptors (Lipinski definition) is 3. The first kappa shape index (κ1) is 14.8. The molecule has 1 rings (SSSR count). The van der Waals surface area contributed by atoms with Crippen LogP contribution in [0.15, 0.2) is 0 Å². The lowest BCUT2D eigenvalue weighted by atomic mass is 9.98. The van der Waals surface area contributed by atoms with Gasteiger partial charge in [-0.1, -0.05) is 20.8 Å². The molecule has 0 bridgehead atoms. The minimum absolute atomic E-state index is 0.176. The maximum Gasteiger partial charge on any atom is 0.232 e. The van der Waals surface area contributed by atoms with E-state index in [0.29, 0.717) is 17.6 Å². The number of carbonyl (C=O) groups excluding carboxylic acids is 1. The number of hydrogen-bond donors (Lipinski definition) is 1. The molecule has 0 radical (unpaired) electrons. The summed E-state index contributed by atoms with van der Waals surface area (Å²) < 4.78 is 0.176. The molecule has 1 unspecified atom stereocenters. The molecule has 1 amide bonds. The van der Waals surface area contributed by atoms with Gasteiger partial charge in [0.05, 0.1) is 5.75 Å². The van der Waals surface area contributed by atoms with E-state index in [4.69, 9.17) is 0 Å². The number of amides is 1. The molecule has 0 aromatic carbocycles. The number of thioether (sulfide) groups is 1. The Morgan fingerprint density at radius 2 is 2.18 bits per heavy atom. The average Bonchev–Trinajstić information content (AvgIpc) is 2.26. The second-order valence-electron chi connectivity index (χ2n) is 5.81. The highest BCUT2D eigenvalue weighted by molar-refractivity contribution is 8.01. The first-order valence-corrected chi connectivity index (χ1v) is 7.47. The van der Waals surface area contributed by atoms with Crippen LogP contribution in [0, 0.1) is 5.92 Å². The fourth-order valence-electron chi connectivity index (χ4n) is 2.12. The Morgan fingerprint density at radius 1 is 1.47 bits per heavy atom. The van der Waals surface area contributed by atoms with Crippen LogP contribution in [-0.4, -0.2) is 48.0 Å². The number of carbonyl (C=O) groups is 1. The lowest BCUT2D eigenvalue weighted by Gasteiger charge is -2.33. The SMILES string of the molecule is CNCC1CCCN(C(=O)CSC(C)(C)C)C1. The molecule has 1 aliphatic rings. The molecule has 0 spiro atoms. The van der Waals surface area contributed by atoms with Gasteiger partial charge in [-0.15, -0.1) is 11.8 Å². The van der Waals surface area contributed by atoms with E-state index >= 15 is 0 Å². The highest BCUT2D eigenvalue weighted by atomic mass is 32.2. The largest absolute Gasteiger partial charge is 0.342 e. The lowest BCUT2D eigenvalue weighted by molar-refractivity contribution is -0.130. The van der Waals surface area contributed by atoms with Crippen molar-refractivity contribution in [1.82, 2.24) is 10.2 Å². The lowest BCUT2D eigenvalue weighted by Crippen LogP contribution is -2.43. The summed E-state index contributed by atoms with van der Waals surface area (Å²) in [6, 6.07) is 0. The molecule has 1 fully saturated rings. The quantitative estimate of drug-likeness (QED) is 0.837. The number of piperidine rings is 1. The van der Waals surface area contributed by atoms with Crippen molar-refractivity contribution in [3.05, 3.63) is 0 Å². The summed E-state index contributed by atoms with van der Waals surface area (Å²) in [6.07, 6.45) is 2.40. The summed E-state index contributed by atoms with van der Waals surface area (Å²) >= 11 is 1.74. The zero-order chi connectivity index (χ0) is 12.9. The van der Waals surface area contributed by atoms with Gasteiger partial charge in [0.15, 0.2) is 0 Å². The zero-order valence-corrected chi connectivity index (χ0v) is 12.4. The summed E-state index contributed by atoms with van der Waals surface area (Å²) in [6.45, 7) is 9.38. The van der Waals surface area contributed by atoms with Gasteiger partial charge in [0.25, 0.3) is 0 Å². The van der Waals surface area contributed by atoms with Crippen molar-refractivity contribution in [3.8, 4) is 0 Å². The third-order valence-electron chi connectivity index (χ3n) is 2.99. The topological polar surface area (TPSA) is 32.3 Å². The molecule has 3 nitrogen and oxygen atoms in total. The summed E-state index contributed by atoms with van der Waals surface area (Å²) in [5.41, 5.74) is 0. The van der Waals surface area contributed by atoms with Gasteiger partial charge in [-0.2, -0.15) is 0 Å². The van der Waals surface area contributed by atoms with Gasteiger partial charge < -0.3 is 10.2 Å².